The van der Waals surface area contributed by atoms with Gasteiger partial charge in [-0.15, -0.1) is 0 Å². The first kappa shape index (κ1) is 12.2. The Morgan fingerprint density at radius 3 is 2.67 bits per heavy atom. The Morgan fingerprint density at radius 2 is 2.06 bits per heavy atom. The van der Waals surface area contributed by atoms with E-state index in [0.717, 1.165) is 5.56 Å². The molecule has 2 rings (SSSR count). The number of aromatic nitrogens is 2. The van der Waals surface area contributed by atoms with Crippen LogP contribution in [0.5, 0.6) is 0 Å². The van der Waals surface area contributed by atoms with E-state index in [9.17, 15) is 9.18 Å². The molecular weight excluding hydrogens is 235 g/mol. The molecule has 0 unspecified atom stereocenters. The highest BCUT2D eigenvalue weighted by atomic mass is 19.1. The minimum atomic E-state index is -0.753. The van der Waals surface area contributed by atoms with Crippen molar-refractivity contribution in [2.75, 3.05) is 6.61 Å². The fourth-order valence-electron chi connectivity index (χ4n) is 1.49. The zero-order valence-corrected chi connectivity index (χ0v) is 9.76. The Morgan fingerprint density at radius 1 is 1.33 bits per heavy atom. The third-order valence-electron chi connectivity index (χ3n) is 2.32. The summed E-state index contributed by atoms with van der Waals surface area (Å²) < 4.78 is 18.4. The third-order valence-corrected chi connectivity index (χ3v) is 2.32. The van der Waals surface area contributed by atoms with E-state index in [1.54, 1.807) is 31.5 Å². The molecule has 2 aromatic heterocycles. The summed E-state index contributed by atoms with van der Waals surface area (Å²) in [6.07, 6.45) is 4.64. The largest absolute Gasteiger partial charge is 0.461 e. The predicted molar refractivity (Wildman–Crippen MR) is 63.4 cm³/mol. The normalized spacial score (nSPS) is 10.1. The van der Waals surface area contributed by atoms with Crippen LogP contribution >= 0.6 is 0 Å². The van der Waals surface area contributed by atoms with Gasteiger partial charge in [0.2, 0.25) is 0 Å². The molecule has 0 atom stereocenters. The van der Waals surface area contributed by atoms with E-state index in [4.69, 9.17) is 4.74 Å². The van der Waals surface area contributed by atoms with Crippen LogP contribution in [0.3, 0.4) is 0 Å². The highest BCUT2D eigenvalue weighted by Crippen LogP contribution is 2.19. The van der Waals surface area contributed by atoms with Crippen molar-refractivity contribution in [1.82, 2.24) is 9.97 Å². The van der Waals surface area contributed by atoms with E-state index >= 15 is 0 Å². The van der Waals surface area contributed by atoms with E-state index in [1.807, 2.05) is 0 Å². The van der Waals surface area contributed by atoms with Crippen molar-refractivity contribution in [3.8, 4) is 11.1 Å². The minimum absolute atomic E-state index is 0.187. The summed E-state index contributed by atoms with van der Waals surface area (Å²) in [6.45, 7) is 1.84. The molecule has 92 valence electrons. The molecule has 4 nitrogen and oxygen atoms in total. The summed E-state index contributed by atoms with van der Waals surface area (Å²) in [5, 5.41) is 0. The maximum Gasteiger partial charge on any atom is 0.359 e. The quantitative estimate of drug-likeness (QED) is 0.780. The lowest BCUT2D eigenvalue weighted by Crippen LogP contribution is -2.09. The Bertz CT molecular complexity index is 558. The molecule has 2 aromatic rings. The summed E-state index contributed by atoms with van der Waals surface area (Å²) in [5.41, 5.74) is 1.07. The lowest BCUT2D eigenvalue weighted by atomic mass is 10.1. The van der Waals surface area contributed by atoms with Crippen LogP contribution in [-0.2, 0) is 4.74 Å². The molecule has 0 bridgehead atoms. The smallest absolute Gasteiger partial charge is 0.359 e. The molecule has 0 aliphatic carbocycles. The van der Waals surface area contributed by atoms with Crippen LogP contribution in [-0.4, -0.2) is 22.5 Å². The van der Waals surface area contributed by atoms with Crippen molar-refractivity contribution in [3.63, 3.8) is 0 Å². The van der Waals surface area contributed by atoms with Crippen molar-refractivity contribution in [1.29, 1.82) is 0 Å². The highest BCUT2D eigenvalue weighted by Gasteiger charge is 2.15. The molecule has 0 saturated carbocycles. The maximum atomic E-state index is 13.7. The lowest BCUT2D eigenvalue weighted by Gasteiger charge is -2.05. The monoisotopic (exact) mass is 246 g/mol. The zero-order chi connectivity index (χ0) is 13.0. The van der Waals surface area contributed by atoms with Crippen LogP contribution in [0, 0.1) is 5.82 Å². The van der Waals surface area contributed by atoms with Crippen molar-refractivity contribution < 1.29 is 13.9 Å². The second kappa shape index (κ2) is 5.35. The average molecular weight is 246 g/mol. The van der Waals surface area contributed by atoms with E-state index in [1.165, 1.54) is 12.3 Å². The zero-order valence-electron chi connectivity index (χ0n) is 9.76. The Hall–Kier alpha value is -2.30. The Balaban J connectivity index is 2.34. The Kier molecular flexibility index (Phi) is 3.62. The van der Waals surface area contributed by atoms with Crippen molar-refractivity contribution in [3.05, 3.63) is 48.3 Å². The van der Waals surface area contributed by atoms with Gasteiger partial charge in [-0.25, -0.2) is 14.2 Å². The van der Waals surface area contributed by atoms with E-state index < -0.39 is 11.8 Å². The van der Waals surface area contributed by atoms with Gasteiger partial charge in [-0.3, -0.25) is 4.98 Å². The van der Waals surface area contributed by atoms with Crippen molar-refractivity contribution in [2.24, 2.45) is 0 Å². The molecule has 5 heteroatoms. The first-order chi connectivity index (χ1) is 8.72. The van der Waals surface area contributed by atoms with Gasteiger partial charge in [-0.1, -0.05) is 0 Å². The number of carbonyl (C=O) groups is 1. The first-order valence-corrected chi connectivity index (χ1v) is 5.45. The molecule has 0 aromatic carbocycles. The van der Waals surface area contributed by atoms with Gasteiger partial charge in [-0.05, 0) is 30.7 Å². The van der Waals surface area contributed by atoms with Gasteiger partial charge in [0.05, 0.1) is 6.61 Å². The summed E-state index contributed by atoms with van der Waals surface area (Å²) >= 11 is 0. The fraction of sp³-hybridized carbons (Fsp3) is 0.154. The van der Waals surface area contributed by atoms with Crippen LogP contribution in [0.4, 0.5) is 4.39 Å². The number of hydrogen-bond donors (Lipinski definition) is 0. The standard InChI is InChI=1S/C13H11FN2O2/c1-2-18-13(17)12-11(14)7-10(8-16-12)9-3-5-15-6-4-9/h3-8H,2H2,1H3. The highest BCUT2D eigenvalue weighted by molar-refractivity contribution is 5.88. The van der Waals surface area contributed by atoms with Gasteiger partial charge in [0, 0.05) is 24.2 Å². The number of halogens is 1. The maximum absolute atomic E-state index is 13.7. The first-order valence-electron chi connectivity index (χ1n) is 5.45. The molecular formula is C13H11FN2O2. The fourth-order valence-corrected chi connectivity index (χ4v) is 1.49. The molecule has 0 saturated heterocycles. The second-order valence-electron chi connectivity index (χ2n) is 3.51. The molecule has 0 spiro atoms. The van der Waals surface area contributed by atoms with Gasteiger partial charge in [0.15, 0.2) is 11.5 Å². The number of rotatable bonds is 3. The summed E-state index contributed by atoms with van der Waals surface area (Å²) in [7, 11) is 0. The summed E-state index contributed by atoms with van der Waals surface area (Å²) in [6, 6.07) is 4.73. The van der Waals surface area contributed by atoms with Crippen LogP contribution in [0.25, 0.3) is 11.1 Å². The predicted octanol–water partition coefficient (Wildman–Crippen LogP) is 2.46. The molecule has 18 heavy (non-hydrogen) atoms. The molecule has 0 radical (unpaired) electrons. The molecule has 2 heterocycles. The minimum Gasteiger partial charge on any atom is -0.461 e. The number of carbonyl (C=O) groups excluding carboxylic acids is 1. The third kappa shape index (κ3) is 2.51. The summed E-state index contributed by atoms with van der Waals surface area (Å²) in [4.78, 5) is 19.1. The number of nitrogens with zero attached hydrogens (tertiary/aromatic N) is 2. The molecule has 0 amide bonds. The van der Waals surface area contributed by atoms with Gasteiger partial charge >= 0.3 is 5.97 Å². The van der Waals surface area contributed by atoms with Gasteiger partial charge < -0.3 is 4.74 Å². The van der Waals surface area contributed by atoms with Gasteiger partial charge in [0.1, 0.15) is 0 Å². The van der Waals surface area contributed by atoms with Crippen LogP contribution < -0.4 is 0 Å². The van der Waals surface area contributed by atoms with Crippen molar-refractivity contribution in [2.45, 2.75) is 6.92 Å². The molecule has 0 aliphatic heterocycles. The SMILES string of the molecule is CCOC(=O)c1ncc(-c2ccncc2)cc1F. The van der Waals surface area contributed by atoms with E-state index in [2.05, 4.69) is 9.97 Å². The molecule has 0 fully saturated rings. The van der Waals surface area contributed by atoms with Crippen LogP contribution in [0.15, 0.2) is 36.8 Å². The second-order valence-corrected chi connectivity index (χ2v) is 3.51. The van der Waals surface area contributed by atoms with Crippen LogP contribution in [0.2, 0.25) is 0 Å². The molecule has 0 aliphatic rings. The number of esters is 1. The van der Waals surface area contributed by atoms with Crippen LogP contribution in [0.1, 0.15) is 17.4 Å². The summed E-state index contributed by atoms with van der Waals surface area (Å²) in [5.74, 6) is -1.45. The van der Waals surface area contributed by atoms with E-state index in [0.29, 0.717) is 5.56 Å². The number of ether oxygens (including phenoxy) is 1. The number of hydrogen-bond acceptors (Lipinski definition) is 4. The Labute approximate surface area is 103 Å². The topological polar surface area (TPSA) is 52.1 Å². The van der Waals surface area contributed by atoms with Gasteiger partial charge in [0.25, 0.3) is 0 Å². The van der Waals surface area contributed by atoms with Gasteiger partial charge in [-0.2, -0.15) is 0 Å². The average Bonchev–Trinajstić information content (AvgIpc) is 2.40. The lowest BCUT2D eigenvalue weighted by molar-refractivity contribution is 0.0513. The molecule has 0 N–H and O–H groups in total. The van der Waals surface area contributed by atoms with Crippen molar-refractivity contribution >= 4 is 5.97 Å². The van der Waals surface area contributed by atoms with E-state index in [-0.39, 0.29) is 12.3 Å². The number of pyridine rings is 2.